The summed E-state index contributed by atoms with van der Waals surface area (Å²) in [5.74, 6) is 1.68. The summed E-state index contributed by atoms with van der Waals surface area (Å²) < 4.78 is 0. The molecule has 0 unspecified atom stereocenters. The Morgan fingerprint density at radius 2 is 2.32 bits per heavy atom. The molecule has 0 aliphatic carbocycles. The summed E-state index contributed by atoms with van der Waals surface area (Å²) in [4.78, 5) is 28.1. The Morgan fingerprint density at radius 1 is 1.50 bits per heavy atom. The number of hydrogen-bond acceptors (Lipinski definition) is 4. The van der Waals surface area contributed by atoms with Crippen molar-refractivity contribution in [2.24, 2.45) is 5.92 Å². The van der Waals surface area contributed by atoms with Crippen LogP contribution in [0.1, 0.15) is 26.7 Å². The van der Waals surface area contributed by atoms with E-state index < -0.39 is 0 Å². The van der Waals surface area contributed by atoms with Gasteiger partial charge in [0.2, 0.25) is 5.91 Å². The van der Waals surface area contributed by atoms with E-state index in [0.29, 0.717) is 12.3 Å². The topological polar surface area (TPSA) is 65.1 Å². The van der Waals surface area contributed by atoms with Crippen LogP contribution in [0.5, 0.6) is 0 Å². The number of fused-ring (bicyclic) bond motifs is 1. The molecule has 6 heteroatoms. The highest BCUT2D eigenvalue weighted by Gasteiger charge is 2.32. The molecular formula is C16H23N5O. The predicted molar refractivity (Wildman–Crippen MR) is 86.7 cm³/mol. The Kier molecular flexibility index (Phi) is 4.00. The molecule has 0 saturated carbocycles. The summed E-state index contributed by atoms with van der Waals surface area (Å²) in [6.07, 6.45) is 5.07. The molecule has 1 N–H and O–H groups in total. The van der Waals surface area contributed by atoms with Crippen molar-refractivity contribution in [1.82, 2.24) is 19.9 Å². The Hall–Kier alpha value is -2.11. The molecule has 0 radical (unpaired) electrons. The van der Waals surface area contributed by atoms with Gasteiger partial charge in [0.25, 0.3) is 0 Å². The van der Waals surface area contributed by atoms with Crippen LogP contribution in [0, 0.1) is 5.92 Å². The van der Waals surface area contributed by atoms with E-state index in [0.717, 1.165) is 36.4 Å². The number of aromatic amines is 1. The minimum atomic E-state index is 0.236. The molecule has 1 fully saturated rings. The number of nitrogens with zero attached hydrogens (tertiary/aromatic N) is 4. The fourth-order valence-electron chi connectivity index (χ4n) is 3.30. The zero-order valence-corrected chi connectivity index (χ0v) is 13.4. The monoisotopic (exact) mass is 301 g/mol. The number of carbonyl (C=O) groups excluding carboxylic acids is 1. The lowest BCUT2D eigenvalue weighted by Gasteiger charge is -2.42. The van der Waals surface area contributed by atoms with E-state index in [9.17, 15) is 4.79 Å². The molecule has 6 nitrogen and oxygen atoms in total. The number of amides is 1. The van der Waals surface area contributed by atoms with Crippen LogP contribution in [-0.2, 0) is 4.79 Å². The third kappa shape index (κ3) is 2.53. The summed E-state index contributed by atoms with van der Waals surface area (Å²) in [6.45, 7) is 5.80. The van der Waals surface area contributed by atoms with Crippen molar-refractivity contribution < 1.29 is 4.79 Å². The Bertz CT molecular complexity index is 667. The highest BCUT2D eigenvalue weighted by molar-refractivity contribution is 5.87. The van der Waals surface area contributed by atoms with E-state index in [2.05, 4.69) is 33.8 Å². The van der Waals surface area contributed by atoms with Crippen molar-refractivity contribution in [1.29, 1.82) is 0 Å². The molecule has 0 spiro atoms. The molecular weight excluding hydrogens is 278 g/mol. The van der Waals surface area contributed by atoms with E-state index >= 15 is 0 Å². The second-order valence-electron chi connectivity index (χ2n) is 6.07. The van der Waals surface area contributed by atoms with Crippen LogP contribution < -0.4 is 4.90 Å². The molecule has 22 heavy (non-hydrogen) atoms. The molecule has 3 rings (SSSR count). The van der Waals surface area contributed by atoms with Gasteiger partial charge in [-0.3, -0.25) is 4.79 Å². The first-order valence-electron chi connectivity index (χ1n) is 7.90. The average molecular weight is 301 g/mol. The quantitative estimate of drug-likeness (QED) is 0.942. The SMILES string of the molecule is CCC(=O)N1CC[C@@H](C)[C@@H](N(C)c2ncnc3[nH]ccc23)C1. The van der Waals surface area contributed by atoms with Gasteiger partial charge in [-0.15, -0.1) is 0 Å². The largest absolute Gasteiger partial charge is 0.354 e. The summed E-state index contributed by atoms with van der Waals surface area (Å²) in [5.41, 5.74) is 0.849. The zero-order valence-electron chi connectivity index (χ0n) is 13.4. The second-order valence-corrected chi connectivity index (χ2v) is 6.07. The standard InChI is InChI=1S/C16H23N5O/c1-4-14(22)21-8-6-11(2)13(9-21)20(3)16-12-5-7-17-15(12)18-10-19-16/h5,7,10-11,13H,4,6,8-9H2,1-3H3,(H,17,18,19)/t11-,13+/m1/s1. The first-order chi connectivity index (χ1) is 10.6. The van der Waals surface area contributed by atoms with Crippen molar-refractivity contribution in [3.8, 4) is 0 Å². The van der Waals surface area contributed by atoms with Gasteiger partial charge in [-0.25, -0.2) is 9.97 Å². The molecule has 0 aromatic carbocycles. The average Bonchev–Trinajstić information content (AvgIpc) is 3.02. The lowest BCUT2D eigenvalue weighted by atomic mass is 9.92. The lowest BCUT2D eigenvalue weighted by molar-refractivity contribution is -0.132. The number of anilines is 1. The number of hydrogen-bond donors (Lipinski definition) is 1. The third-order valence-corrected chi connectivity index (χ3v) is 4.74. The van der Waals surface area contributed by atoms with Gasteiger partial charge in [-0.2, -0.15) is 0 Å². The summed E-state index contributed by atoms with van der Waals surface area (Å²) >= 11 is 0. The van der Waals surface area contributed by atoms with Gasteiger partial charge < -0.3 is 14.8 Å². The van der Waals surface area contributed by atoms with Crippen LogP contribution in [0.25, 0.3) is 11.0 Å². The van der Waals surface area contributed by atoms with E-state index in [1.54, 1.807) is 6.33 Å². The lowest BCUT2D eigenvalue weighted by Crippen LogP contribution is -2.52. The molecule has 1 amide bonds. The Morgan fingerprint density at radius 3 is 3.09 bits per heavy atom. The van der Waals surface area contributed by atoms with E-state index in [1.165, 1.54) is 0 Å². The minimum Gasteiger partial charge on any atom is -0.354 e. The predicted octanol–water partition coefficient (Wildman–Crippen LogP) is 2.04. The molecule has 1 aliphatic heterocycles. The van der Waals surface area contributed by atoms with E-state index in [1.807, 2.05) is 24.1 Å². The van der Waals surface area contributed by atoms with Crippen molar-refractivity contribution >= 4 is 22.8 Å². The van der Waals surface area contributed by atoms with Gasteiger partial charge in [0, 0.05) is 32.8 Å². The van der Waals surface area contributed by atoms with Crippen LogP contribution in [0.2, 0.25) is 0 Å². The summed E-state index contributed by atoms with van der Waals surface area (Å²) in [7, 11) is 2.07. The summed E-state index contributed by atoms with van der Waals surface area (Å²) in [6, 6.07) is 2.28. The smallest absolute Gasteiger partial charge is 0.222 e. The van der Waals surface area contributed by atoms with Crippen LogP contribution in [-0.4, -0.2) is 51.9 Å². The number of aromatic nitrogens is 3. The normalized spacial score (nSPS) is 22.0. The first-order valence-corrected chi connectivity index (χ1v) is 7.90. The fraction of sp³-hybridized carbons (Fsp3) is 0.562. The van der Waals surface area contributed by atoms with Crippen molar-refractivity contribution in [2.45, 2.75) is 32.7 Å². The number of likely N-dealkylation sites (tertiary alicyclic amines) is 1. The van der Waals surface area contributed by atoms with Crippen LogP contribution >= 0.6 is 0 Å². The number of likely N-dealkylation sites (N-methyl/N-ethyl adjacent to an activating group) is 1. The van der Waals surface area contributed by atoms with E-state index in [-0.39, 0.29) is 11.9 Å². The van der Waals surface area contributed by atoms with Gasteiger partial charge in [-0.1, -0.05) is 13.8 Å². The Labute approximate surface area is 130 Å². The van der Waals surface area contributed by atoms with Gasteiger partial charge >= 0.3 is 0 Å². The maximum absolute atomic E-state index is 12.0. The molecule has 2 atom stereocenters. The summed E-state index contributed by atoms with van der Waals surface area (Å²) in [5, 5.41) is 1.02. The number of nitrogens with one attached hydrogen (secondary N) is 1. The highest BCUT2D eigenvalue weighted by atomic mass is 16.2. The molecule has 2 aromatic heterocycles. The third-order valence-electron chi connectivity index (χ3n) is 4.74. The molecule has 1 saturated heterocycles. The second kappa shape index (κ2) is 5.94. The minimum absolute atomic E-state index is 0.236. The maximum atomic E-state index is 12.0. The van der Waals surface area contributed by atoms with Gasteiger partial charge in [0.15, 0.2) is 0 Å². The van der Waals surface area contributed by atoms with Gasteiger partial charge in [-0.05, 0) is 18.4 Å². The van der Waals surface area contributed by atoms with Crippen LogP contribution in [0.3, 0.4) is 0 Å². The zero-order chi connectivity index (χ0) is 15.7. The first kappa shape index (κ1) is 14.8. The molecule has 2 aromatic rings. The van der Waals surface area contributed by atoms with Crippen molar-refractivity contribution in [3.05, 3.63) is 18.6 Å². The Balaban J connectivity index is 1.88. The number of rotatable bonds is 3. The molecule has 3 heterocycles. The van der Waals surface area contributed by atoms with E-state index in [4.69, 9.17) is 0 Å². The van der Waals surface area contributed by atoms with Gasteiger partial charge in [0.1, 0.15) is 17.8 Å². The number of carbonyl (C=O) groups is 1. The molecule has 1 aliphatic rings. The van der Waals surface area contributed by atoms with Crippen molar-refractivity contribution in [3.63, 3.8) is 0 Å². The molecule has 0 bridgehead atoms. The molecule has 118 valence electrons. The highest BCUT2D eigenvalue weighted by Crippen LogP contribution is 2.28. The van der Waals surface area contributed by atoms with Crippen molar-refractivity contribution in [2.75, 3.05) is 25.0 Å². The number of piperidine rings is 1. The number of H-pyrrole nitrogens is 1. The maximum Gasteiger partial charge on any atom is 0.222 e. The van der Waals surface area contributed by atoms with Gasteiger partial charge in [0.05, 0.1) is 11.4 Å². The fourth-order valence-corrected chi connectivity index (χ4v) is 3.30. The van der Waals surface area contributed by atoms with Crippen LogP contribution in [0.4, 0.5) is 5.82 Å². The van der Waals surface area contributed by atoms with Crippen LogP contribution in [0.15, 0.2) is 18.6 Å².